The van der Waals surface area contributed by atoms with E-state index in [0.717, 1.165) is 18.4 Å². The number of piperazine rings is 1. The molecule has 212 valence electrons. The maximum absolute atomic E-state index is 13.5. The summed E-state index contributed by atoms with van der Waals surface area (Å²) in [6, 6.07) is 10.3. The summed E-state index contributed by atoms with van der Waals surface area (Å²) < 4.78 is 94.4. The number of benzene rings is 2. The summed E-state index contributed by atoms with van der Waals surface area (Å²) in [6.07, 6.45) is -3.81. The molecule has 0 spiro atoms. The van der Waals surface area contributed by atoms with Gasteiger partial charge in [-0.3, -0.25) is 0 Å². The van der Waals surface area contributed by atoms with Gasteiger partial charge in [0.1, 0.15) is 0 Å². The number of nitrogens with zero attached hydrogens (tertiary/aromatic N) is 3. The van der Waals surface area contributed by atoms with Crippen LogP contribution in [0.15, 0.2) is 58.3 Å². The van der Waals surface area contributed by atoms with Gasteiger partial charge in [-0.2, -0.15) is 21.8 Å². The van der Waals surface area contributed by atoms with Gasteiger partial charge in [0, 0.05) is 42.8 Å². The number of aliphatic hydroxyl groups is 1. The van der Waals surface area contributed by atoms with E-state index in [1.807, 2.05) is 0 Å². The number of halogens is 3. The third-order valence-corrected chi connectivity index (χ3v) is 10.5. The quantitative estimate of drug-likeness (QED) is 0.455. The first-order valence-electron chi connectivity index (χ1n) is 11.8. The largest absolute Gasteiger partial charge is 0.421 e. The Hall–Kier alpha value is -1.84. The Kier molecular flexibility index (Phi) is 8.86. The zero-order valence-corrected chi connectivity index (χ0v) is 23.9. The molecule has 38 heavy (non-hydrogen) atoms. The molecule has 1 aliphatic heterocycles. The molecule has 2 aromatic rings. The first-order chi connectivity index (χ1) is 17.4. The Morgan fingerprint density at radius 3 is 2.13 bits per heavy atom. The molecule has 1 fully saturated rings. The highest BCUT2D eigenvalue weighted by atomic mass is 32.2. The van der Waals surface area contributed by atoms with Gasteiger partial charge < -0.3 is 10.0 Å². The maximum Gasteiger partial charge on any atom is 0.421 e. The van der Waals surface area contributed by atoms with E-state index in [2.05, 4.69) is 12.6 Å². The van der Waals surface area contributed by atoms with E-state index in [1.54, 1.807) is 36.9 Å². The van der Waals surface area contributed by atoms with Crippen molar-refractivity contribution in [3.63, 3.8) is 0 Å². The van der Waals surface area contributed by atoms with Gasteiger partial charge in [0.05, 0.1) is 17.2 Å². The Labute approximate surface area is 227 Å². The second-order valence-corrected chi connectivity index (χ2v) is 14.0. The molecule has 3 rings (SSSR count). The van der Waals surface area contributed by atoms with Gasteiger partial charge >= 0.3 is 6.18 Å². The zero-order valence-electron chi connectivity index (χ0n) is 21.4. The Morgan fingerprint density at radius 2 is 1.63 bits per heavy atom. The van der Waals surface area contributed by atoms with E-state index in [-0.39, 0.29) is 41.5 Å². The molecule has 1 aliphatic rings. The second kappa shape index (κ2) is 11.0. The summed E-state index contributed by atoms with van der Waals surface area (Å²) >= 11 is 4.28. The van der Waals surface area contributed by atoms with Crippen molar-refractivity contribution in [2.45, 2.75) is 54.4 Å². The van der Waals surface area contributed by atoms with Crippen LogP contribution in [0.3, 0.4) is 0 Å². The molecule has 0 radical (unpaired) electrons. The number of thiol groups is 1. The van der Waals surface area contributed by atoms with Gasteiger partial charge in [-0.15, -0.1) is 12.6 Å². The third kappa shape index (κ3) is 6.31. The van der Waals surface area contributed by atoms with Crippen LogP contribution in [0.5, 0.6) is 0 Å². The van der Waals surface area contributed by atoms with Gasteiger partial charge in [-0.05, 0) is 50.6 Å². The lowest BCUT2D eigenvalue weighted by Crippen LogP contribution is -2.59. The highest BCUT2D eigenvalue weighted by Crippen LogP contribution is 2.39. The van der Waals surface area contributed by atoms with Crippen molar-refractivity contribution >= 4 is 38.4 Å². The van der Waals surface area contributed by atoms with E-state index < -0.39 is 43.9 Å². The molecule has 2 atom stereocenters. The third-order valence-electron chi connectivity index (χ3n) is 6.63. The molecule has 8 nitrogen and oxygen atoms in total. The fraction of sp³-hybridized carbons (Fsp3) is 0.500. The van der Waals surface area contributed by atoms with Gasteiger partial charge in [0.2, 0.25) is 20.0 Å². The molecule has 0 saturated carbocycles. The van der Waals surface area contributed by atoms with Gasteiger partial charge in [0.25, 0.3) is 0 Å². The van der Waals surface area contributed by atoms with Crippen molar-refractivity contribution < 1.29 is 35.1 Å². The second-order valence-electron chi connectivity index (χ2n) is 9.72. The van der Waals surface area contributed by atoms with E-state index in [0.29, 0.717) is 12.6 Å². The minimum atomic E-state index is -4.88. The van der Waals surface area contributed by atoms with Crippen molar-refractivity contribution in [3.05, 3.63) is 54.1 Å². The molecule has 0 bridgehead atoms. The highest BCUT2D eigenvalue weighted by molar-refractivity contribution is 7.90. The Bertz CT molecular complexity index is 1350. The van der Waals surface area contributed by atoms with Crippen LogP contribution < -0.4 is 4.90 Å². The van der Waals surface area contributed by atoms with E-state index in [1.165, 1.54) is 26.8 Å². The van der Waals surface area contributed by atoms with Crippen LogP contribution in [-0.2, 0) is 25.6 Å². The molecule has 0 aliphatic carbocycles. The molecule has 14 heteroatoms. The van der Waals surface area contributed by atoms with Gasteiger partial charge in [-0.25, -0.2) is 16.8 Å². The van der Waals surface area contributed by atoms with Crippen molar-refractivity contribution in [1.29, 1.82) is 0 Å². The number of rotatable bonds is 8. The smallest absolute Gasteiger partial charge is 0.376 e. The molecular weight excluding hydrogens is 563 g/mol. The zero-order chi connectivity index (χ0) is 28.7. The lowest BCUT2D eigenvalue weighted by Gasteiger charge is -2.44. The molecular formula is C24H32F3N3O5S3. The summed E-state index contributed by atoms with van der Waals surface area (Å²) in [6.45, 7) is 4.17. The van der Waals surface area contributed by atoms with E-state index in [9.17, 15) is 35.1 Å². The van der Waals surface area contributed by atoms with Crippen LogP contribution in [-0.4, -0.2) is 81.2 Å². The maximum atomic E-state index is 13.5. The van der Waals surface area contributed by atoms with Gasteiger partial charge in [-0.1, -0.05) is 24.3 Å². The number of sulfonamides is 2. The predicted octanol–water partition coefficient (Wildman–Crippen LogP) is 3.29. The fourth-order valence-electron chi connectivity index (χ4n) is 4.43. The van der Waals surface area contributed by atoms with Crippen molar-refractivity contribution in [2.24, 2.45) is 0 Å². The molecule has 1 unspecified atom stereocenters. The lowest BCUT2D eigenvalue weighted by atomic mass is 9.95. The molecule has 1 saturated heterocycles. The average Bonchev–Trinajstić information content (AvgIpc) is 2.81. The van der Waals surface area contributed by atoms with Crippen molar-refractivity contribution in [1.82, 2.24) is 8.61 Å². The molecule has 1 N–H and O–H groups in total. The minimum Gasteiger partial charge on any atom is -0.376 e. The van der Waals surface area contributed by atoms with E-state index in [4.69, 9.17) is 0 Å². The van der Waals surface area contributed by atoms with Crippen LogP contribution in [0, 0.1) is 0 Å². The van der Waals surface area contributed by atoms with Crippen LogP contribution in [0.25, 0.3) is 0 Å². The lowest BCUT2D eigenvalue weighted by molar-refractivity contribution is -0.258. The van der Waals surface area contributed by atoms with Crippen molar-refractivity contribution in [2.75, 3.05) is 37.3 Å². The minimum absolute atomic E-state index is 0.0260. The van der Waals surface area contributed by atoms with Crippen LogP contribution in [0.4, 0.5) is 18.9 Å². The summed E-state index contributed by atoms with van der Waals surface area (Å²) in [5, 5.41) is 10.0. The van der Waals surface area contributed by atoms with Crippen LogP contribution >= 0.6 is 12.6 Å². The molecule has 0 amide bonds. The topological polar surface area (TPSA) is 98.2 Å². The van der Waals surface area contributed by atoms with E-state index >= 15 is 0 Å². The Balaban J connectivity index is 1.99. The first-order valence-corrected chi connectivity index (χ1v) is 15.5. The summed E-state index contributed by atoms with van der Waals surface area (Å²) in [7, 11) is -7.62. The number of alkyl halides is 3. The molecule has 2 aromatic carbocycles. The summed E-state index contributed by atoms with van der Waals surface area (Å²) in [4.78, 5) is 2.09. The number of anilines is 1. The summed E-state index contributed by atoms with van der Waals surface area (Å²) in [5.74, 6) is 0. The predicted molar refractivity (Wildman–Crippen MR) is 142 cm³/mol. The first kappa shape index (κ1) is 30.7. The van der Waals surface area contributed by atoms with Crippen molar-refractivity contribution in [3.8, 4) is 0 Å². The normalized spacial score (nSPS) is 19.7. The molecule has 1 heterocycles. The monoisotopic (exact) mass is 595 g/mol. The van der Waals surface area contributed by atoms with Gasteiger partial charge in [0.15, 0.2) is 5.60 Å². The number of hydrogen-bond acceptors (Lipinski definition) is 7. The summed E-state index contributed by atoms with van der Waals surface area (Å²) in [5.41, 5.74) is -2.93. The SMILES string of the molecule is CC(C)N(C[C@H]1CN(S(=O)(=O)c2ccccc2S)CCN1c1ccc(C(C)(O)C(F)(F)F)cc1)S(C)(=O)=O. The Morgan fingerprint density at radius 1 is 1.05 bits per heavy atom. The standard InChI is InChI=1S/C24H32F3N3O5S3/c1-17(2)30(37(4,32)33)16-20-15-28(38(34,35)22-8-6-5-7-21(22)36)13-14-29(20)19-11-9-18(10-12-19)23(3,31)24(25,26)27/h5-12,17,20,31,36H,13-16H2,1-4H3/t20-,23?/m1/s1. The highest BCUT2D eigenvalue weighted by Gasteiger charge is 2.51. The molecule has 0 aromatic heterocycles. The average molecular weight is 596 g/mol. The van der Waals surface area contributed by atoms with Crippen LogP contribution in [0.1, 0.15) is 26.3 Å². The van der Waals surface area contributed by atoms with Crippen LogP contribution in [0.2, 0.25) is 0 Å². The fourth-order valence-corrected chi connectivity index (χ4v) is 7.70. The number of hydrogen-bond donors (Lipinski definition) is 2.